The molecule has 0 amide bonds. The molecule has 0 spiro atoms. The van der Waals surface area contributed by atoms with Gasteiger partial charge in [0.2, 0.25) is 0 Å². The molecular formula is C14H19ClN4S. The summed E-state index contributed by atoms with van der Waals surface area (Å²) in [6.07, 6.45) is 0.880. The van der Waals surface area contributed by atoms with E-state index in [9.17, 15) is 0 Å². The van der Waals surface area contributed by atoms with E-state index in [1.54, 1.807) is 17.4 Å². The van der Waals surface area contributed by atoms with Gasteiger partial charge in [-0.25, -0.2) is 15.0 Å². The van der Waals surface area contributed by atoms with Crippen molar-refractivity contribution in [3.8, 4) is 0 Å². The van der Waals surface area contributed by atoms with E-state index >= 15 is 0 Å². The number of nitrogens with zero attached hydrogens (tertiary/aromatic N) is 3. The average molecular weight is 311 g/mol. The molecule has 0 saturated carbocycles. The molecule has 0 aliphatic carbocycles. The largest absolute Gasteiger partial charge is 0.369 e. The lowest BCUT2D eigenvalue weighted by atomic mass is 9.96. The molecule has 0 aromatic carbocycles. The number of aromatic nitrogens is 3. The van der Waals surface area contributed by atoms with Crippen LogP contribution in [0.1, 0.15) is 37.3 Å². The molecule has 0 atom stereocenters. The molecule has 0 unspecified atom stereocenters. The van der Waals surface area contributed by atoms with Crippen LogP contribution in [-0.4, -0.2) is 21.5 Å². The van der Waals surface area contributed by atoms with E-state index in [1.165, 1.54) is 0 Å². The summed E-state index contributed by atoms with van der Waals surface area (Å²) in [6, 6.07) is 1.75. The number of anilines is 1. The minimum Gasteiger partial charge on any atom is -0.369 e. The minimum absolute atomic E-state index is 0.117. The van der Waals surface area contributed by atoms with Crippen LogP contribution in [0, 0.1) is 6.92 Å². The molecule has 1 N–H and O–H groups in total. The van der Waals surface area contributed by atoms with Gasteiger partial charge in [-0.2, -0.15) is 0 Å². The number of halogens is 1. The second-order valence-corrected chi connectivity index (χ2v) is 7.04. The van der Waals surface area contributed by atoms with Crippen molar-refractivity contribution in [2.45, 2.75) is 39.5 Å². The summed E-state index contributed by atoms with van der Waals surface area (Å²) in [5.74, 6) is 1.51. The standard InChI is InChI=1S/C14H19ClN4S/c1-9-8-20-12(17-9)5-6-16-11-7-10(15)18-13(19-11)14(2,3)4/h7-8H,5-6H2,1-4H3,(H,16,18,19). The van der Waals surface area contributed by atoms with Crippen LogP contribution in [0.4, 0.5) is 5.82 Å². The molecule has 20 heavy (non-hydrogen) atoms. The van der Waals surface area contributed by atoms with Gasteiger partial charge in [-0.05, 0) is 6.92 Å². The van der Waals surface area contributed by atoms with Crippen LogP contribution in [0.15, 0.2) is 11.4 Å². The van der Waals surface area contributed by atoms with Gasteiger partial charge in [0.25, 0.3) is 0 Å². The van der Waals surface area contributed by atoms with Crippen molar-refractivity contribution in [1.82, 2.24) is 15.0 Å². The molecule has 0 aliphatic heterocycles. The van der Waals surface area contributed by atoms with Crippen LogP contribution in [-0.2, 0) is 11.8 Å². The molecule has 2 aromatic heterocycles. The Morgan fingerprint density at radius 2 is 2.00 bits per heavy atom. The second-order valence-electron chi connectivity index (χ2n) is 5.71. The summed E-state index contributed by atoms with van der Waals surface area (Å²) in [5.41, 5.74) is 0.957. The zero-order chi connectivity index (χ0) is 14.8. The third-order valence-electron chi connectivity index (χ3n) is 2.68. The summed E-state index contributed by atoms with van der Waals surface area (Å²) in [7, 11) is 0. The highest BCUT2D eigenvalue weighted by atomic mass is 35.5. The molecule has 108 valence electrons. The molecule has 0 radical (unpaired) electrons. The number of hydrogen-bond donors (Lipinski definition) is 1. The van der Waals surface area contributed by atoms with E-state index in [0.717, 1.165) is 35.3 Å². The number of hydrogen-bond acceptors (Lipinski definition) is 5. The Morgan fingerprint density at radius 1 is 1.25 bits per heavy atom. The molecule has 4 nitrogen and oxygen atoms in total. The molecule has 2 heterocycles. The lowest BCUT2D eigenvalue weighted by Gasteiger charge is -2.17. The minimum atomic E-state index is -0.117. The van der Waals surface area contributed by atoms with Gasteiger partial charge in [-0.3, -0.25) is 0 Å². The average Bonchev–Trinajstić information content (AvgIpc) is 2.73. The van der Waals surface area contributed by atoms with Gasteiger partial charge in [0.15, 0.2) is 0 Å². The molecule has 0 saturated heterocycles. The molecule has 2 aromatic rings. The lowest BCUT2D eigenvalue weighted by Crippen LogP contribution is -2.17. The summed E-state index contributed by atoms with van der Waals surface area (Å²) >= 11 is 7.74. The monoisotopic (exact) mass is 310 g/mol. The van der Waals surface area contributed by atoms with Crippen LogP contribution in [0.3, 0.4) is 0 Å². The quantitative estimate of drug-likeness (QED) is 0.872. The maximum Gasteiger partial charge on any atom is 0.137 e. The Bertz CT molecular complexity index is 589. The van der Waals surface area contributed by atoms with Gasteiger partial charge in [0.1, 0.15) is 16.8 Å². The van der Waals surface area contributed by atoms with Gasteiger partial charge in [0, 0.05) is 35.5 Å². The van der Waals surface area contributed by atoms with Crippen LogP contribution in [0.2, 0.25) is 5.15 Å². The first-order valence-corrected chi connectivity index (χ1v) is 7.80. The van der Waals surface area contributed by atoms with Gasteiger partial charge in [-0.1, -0.05) is 32.4 Å². The second kappa shape index (κ2) is 6.06. The van der Waals surface area contributed by atoms with Crippen LogP contribution >= 0.6 is 22.9 Å². The molecule has 0 aliphatic rings. The molecule has 6 heteroatoms. The SMILES string of the molecule is Cc1csc(CCNc2cc(Cl)nc(C(C)(C)C)n2)n1. The first kappa shape index (κ1) is 15.2. The summed E-state index contributed by atoms with van der Waals surface area (Å²) in [4.78, 5) is 13.2. The highest BCUT2D eigenvalue weighted by Gasteiger charge is 2.18. The summed E-state index contributed by atoms with van der Waals surface area (Å²) < 4.78 is 0. The smallest absolute Gasteiger partial charge is 0.137 e. The number of nitrogens with one attached hydrogen (secondary N) is 1. The van der Waals surface area contributed by atoms with Crippen molar-refractivity contribution in [1.29, 1.82) is 0 Å². The highest BCUT2D eigenvalue weighted by Crippen LogP contribution is 2.22. The molecular weight excluding hydrogens is 292 g/mol. The maximum absolute atomic E-state index is 6.05. The lowest BCUT2D eigenvalue weighted by molar-refractivity contribution is 0.546. The molecule has 0 fully saturated rings. The third kappa shape index (κ3) is 4.15. The zero-order valence-electron chi connectivity index (χ0n) is 12.2. The fourth-order valence-electron chi connectivity index (χ4n) is 1.66. The number of rotatable bonds is 4. The zero-order valence-corrected chi connectivity index (χ0v) is 13.8. The Hall–Kier alpha value is -1.20. The fraction of sp³-hybridized carbons (Fsp3) is 0.500. The Labute approximate surface area is 128 Å². The van der Waals surface area contributed by atoms with E-state index in [1.807, 2.05) is 6.92 Å². The normalized spacial score (nSPS) is 11.7. The van der Waals surface area contributed by atoms with E-state index in [-0.39, 0.29) is 5.41 Å². The van der Waals surface area contributed by atoms with E-state index in [4.69, 9.17) is 11.6 Å². The van der Waals surface area contributed by atoms with Crippen molar-refractivity contribution in [2.24, 2.45) is 0 Å². The van der Waals surface area contributed by atoms with Gasteiger partial charge < -0.3 is 5.32 Å². The van der Waals surface area contributed by atoms with Crippen LogP contribution in [0.25, 0.3) is 0 Å². The van der Waals surface area contributed by atoms with E-state index < -0.39 is 0 Å². The van der Waals surface area contributed by atoms with Crippen LogP contribution in [0.5, 0.6) is 0 Å². The number of thiazole rings is 1. The van der Waals surface area contributed by atoms with Gasteiger partial charge >= 0.3 is 0 Å². The van der Waals surface area contributed by atoms with Crippen molar-refractivity contribution >= 4 is 28.8 Å². The molecule has 0 bridgehead atoms. The third-order valence-corrected chi connectivity index (χ3v) is 3.90. The van der Waals surface area contributed by atoms with Crippen LogP contribution < -0.4 is 5.32 Å². The first-order chi connectivity index (χ1) is 9.34. The first-order valence-electron chi connectivity index (χ1n) is 6.54. The van der Waals surface area contributed by atoms with Gasteiger partial charge in [-0.15, -0.1) is 11.3 Å². The summed E-state index contributed by atoms with van der Waals surface area (Å²) in [6.45, 7) is 9.00. The Balaban J connectivity index is 2.00. The predicted octanol–water partition coefficient (Wildman–Crippen LogP) is 3.85. The van der Waals surface area contributed by atoms with Crippen molar-refractivity contribution < 1.29 is 0 Å². The molecule has 2 rings (SSSR count). The van der Waals surface area contributed by atoms with Gasteiger partial charge in [0.05, 0.1) is 5.01 Å². The fourth-order valence-corrected chi connectivity index (χ4v) is 2.62. The van der Waals surface area contributed by atoms with Crippen molar-refractivity contribution in [3.63, 3.8) is 0 Å². The van der Waals surface area contributed by atoms with E-state index in [0.29, 0.717) is 5.15 Å². The van der Waals surface area contributed by atoms with Crippen molar-refractivity contribution in [2.75, 3.05) is 11.9 Å². The van der Waals surface area contributed by atoms with E-state index in [2.05, 4.69) is 46.4 Å². The highest BCUT2D eigenvalue weighted by molar-refractivity contribution is 7.09. The Kier molecular flexibility index (Phi) is 4.60. The van der Waals surface area contributed by atoms with Crippen molar-refractivity contribution in [3.05, 3.63) is 33.1 Å². The Morgan fingerprint density at radius 3 is 2.60 bits per heavy atom. The summed E-state index contributed by atoms with van der Waals surface area (Å²) in [5, 5.41) is 6.95. The number of aryl methyl sites for hydroxylation is 1. The predicted molar refractivity (Wildman–Crippen MR) is 84.8 cm³/mol. The maximum atomic E-state index is 6.05. The topological polar surface area (TPSA) is 50.7 Å².